The summed E-state index contributed by atoms with van der Waals surface area (Å²) in [5.74, 6) is 0.388. The molecule has 0 fully saturated rings. The van der Waals surface area contributed by atoms with Crippen molar-refractivity contribution in [2.45, 2.75) is 33.2 Å². The highest BCUT2D eigenvalue weighted by molar-refractivity contribution is 5.94. The lowest BCUT2D eigenvalue weighted by molar-refractivity contribution is 0.0999. The van der Waals surface area contributed by atoms with Gasteiger partial charge < -0.3 is 11.1 Å². The molecule has 1 rings (SSSR count). The van der Waals surface area contributed by atoms with Gasteiger partial charge in [0.05, 0.1) is 0 Å². The molecule has 0 aromatic heterocycles. The molecule has 0 saturated heterocycles. The number of nitrogens with two attached hydrogens (primary N) is 1. The second-order valence-electron chi connectivity index (χ2n) is 4.73. The van der Waals surface area contributed by atoms with Crippen LogP contribution in [0.2, 0.25) is 0 Å². The summed E-state index contributed by atoms with van der Waals surface area (Å²) in [6.07, 6.45) is 2.39. The third-order valence-electron chi connectivity index (χ3n) is 2.73. The molecule has 0 aliphatic carbocycles. The van der Waals surface area contributed by atoms with Crippen LogP contribution in [-0.2, 0) is 6.54 Å². The van der Waals surface area contributed by atoms with Gasteiger partial charge in [-0.05, 0) is 36.9 Å². The molecule has 0 radical (unpaired) electrons. The first-order chi connectivity index (χ1) is 8.11. The first-order valence-electron chi connectivity index (χ1n) is 6.19. The monoisotopic (exact) mass is 234 g/mol. The van der Waals surface area contributed by atoms with E-state index in [0.717, 1.165) is 24.4 Å². The highest BCUT2D eigenvalue weighted by Crippen LogP contribution is 2.08. The molecule has 1 aromatic rings. The lowest BCUT2D eigenvalue weighted by atomic mass is 10.1. The van der Waals surface area contributed by atoms with Gasteiger partial charge in [0.25, 0.3) is 0 Å². The summed E-state index contributed by atoms with van der Waals surface area (Å²) in [5.41, 5.74) is 6.91. The van der Waals surface area contributed by atoms with Crippen molar-refractivity contribution >= 4 is 5.91 Å². The van der Waals surface area contributed by atoms with Gasteiger partial charge in [0.2, 0.25) is 5.91 Å². The molecular formula is C14H22N2O. The number of hydrogen-bond donors (Lipinski definition) is 2. The van der Waals surface area contributed by atoms with E-state index in [-0.39, 0.29) is 5.91 Å². The fourth-order valence-electron chi connectivity index (χ4n) is 1.77. The Morgan fingerprint density at radius 1 is 1.35 bits per heavy atom. The highest BCUT2D eigenvalue weighted by atomic mass is 16.1. The van der Waals surface area contributed by atoms with E-state index in [9.17, 15) is 4.79 Å². The zero-order valence-corrected chi connectivity index (χ0v) is 10.7. The minimum atomic E-state index is -0.357. The largest absolute Gasteiger partial charge is 0.366 e. The maximum absolute atomic E-state index is 11.2. The van der Waals surface area contributed by atoms with Crippen LogP contribution in [0.25, 0.3) is 0 Å². The van der Waals surface area contributed by atoms with E-state index in [4.69, 9.17) is 5.73 Å². The molecule has 17 heavy (non-hydrogen) atoms. The third-order valence-corrected chi connectivity index (χ3v) is 2.73. The molecule has 3 nitrogen and oxygen atoms in total. The lowest BCUT2D eigenvalue weighted by Crippen LogP contribution is -2.20. The Kier molecular flexibility index (Phi) is 5.70. The number of amides is 1. The van der Waals surface area contributed by atoms with Crippen LogP contribution >= 0.6 is 0 Å². The van der Waals surface area contributed by atoms with Gasteiger partial charge in [0, 0.05) is 12.1 Å². The summed E-state index contributed by atoms with van der Waals surface area (Å²) in [7, 11) is 0. The fourth-order valence-corrected chi connectivity index (χ4v) is 1.77. The van der Waals surface area contributed by atoms with Gasteiger partial charge in [0.1, 0.15) is 0 Å². The van der Waals surface area contributed by atoms with Gasteiger partial charge in [-0.3, -0.25) is 4.79 Å². The van der Waals surface area contributed by atoms with E-state index in [1.807, 2.05) is 18.2 Å². The van der Waals surface area contributed by atoms with Gasteiger partial charge in [-0.2, -0.15) is 0 Å². The summed E-state index contributed by atoms with van der Waals surface area (Å²) in [6.45, 7) is 6.13. The van der Waals surface area contributed by atoms with Crippen LogP contribution in [0.3, 0.4) is 0 Å². The van der Waals surface area contributed by atoms with Gasteiger partial charge in [0.15, 0.2) is 0 Å². The van der Waals surface area contributed by atoms with Crippen molar-refractivity contribution in [1.82, 2.24) is 5.32 Å². The van der Waals surface area contributed by atoms with Gasteiger partial charge in [-0.25, -0.2) is 0 Å². The number of carbonyl (C=O) groups excluding carboxylic acids is 1. The van der Waals surface area contributed by atoms with Crippen LogP contribution in [-0.4, -0.2) is 12.5 Å². The maximum Gasteiger partial charge on any atom is 0.249 e. The summed E-state index contributed by atoms with van der Waals surface area (Å²) in [4.78, 5) is 11.2. The molecule has 0 heterocycles. The smallest absolute Gasteiger partial charge is 0.249 e. The molecule has 0 bridgehead atoms. The van der Waals surface area contributed by atoms with Crippen LogP contribution < -0.4 is 11.1 Å². The van der Waals surface area contributed by atoms with Crippen molar-refractivity contribution < 1.29 is 4.79 Å². The van der Waals surface area contributed by atoms with Crippen molar-refractivity contribution in [3.8, 4) is 0 Å². The Hall–Kier alpha value is -1.35. The quantitative estimate of drug-likeness (QED) is 0.711. The fraction of sp³-hybridized carbons (Fsp3) is 0.500. The Morgan fingerprint density at radius 2 is 2.06 bits per heavy atom. The number of primary amides is 1. The minimum absolute atomic E-state index is 0.357. The predicted molar refractivity (Wildman–Crippen MR) is 70.7 cm³/mol. The average Bonchev–Trinajstić information content (AvgIpc) is 2.28. The molecule has 0 unspecified atom stereocenters. The van der Waals surface area contributed by atoms with Crippen molar-refractivity contribution in [3.05, 3.63) is 35.4 Å². The molecule has 1 amide bonds. The normalized spacial score (nSPS) is 10.8. The second-order valence-corrected chi connectivity index (χ2v) is 4.73. The molecule has 0 aliphatic rings. The molecule has 3 N–H and O–H groups in total. The van der Waals surface area contributed by atoms with E-state index in [0.29, 0.717) is 12.1 Å². The van der Waals surface area contributed by atoms with Crippen LogP contribution in [0, 0.1) is 5.92 Å². The SMILES string of the molecule is CC(C)CCCNCc1ccccc1C(N)=O. The van der Waals surface area contributed by atoms with E-state index >= 15 is 0 Å². The number of rotatable bonds is 7. The first kappa shape index (κ1) is 13.7. The zero-order chi connectivity index (χ0) is 12.7. The average molecular weight is 234 g/mol. The zero-order valence-electron chi connectivity index (χ0n) is 10.7. The predicted octanol–water partition coefficient (Wildman–Crippen LogP) is 2.31. The van der Waals surface area contributed by atoms with E-state index in [2.05, 4.69) is 19.2 Å². The highest BCUT2D eigenvalue weighted by Gasteiger charge is 2.05. The van der Waals surface area contributed by atoms with Crippen LogP contribution in [0.15, 0.2) is 24.3 Å². The van der Waals surface area contributed by atoms with E-state index in [1.165, 1.54) is 6.42 Å². The summed E-state index contributed by atoms with van der Waals surface area (Å²) >= 11 is 0. The van der Waals surface area contributed by atoms with Gasteiger partial charge >= 0.3 is 0 Å². The maximum atomic E-state index is 11.2. The van der Waals surface area contributed by atoms with Crippen LogP contribution in [0.1, 0.15) is 42.6 Å². The van der Waals surface area contributed by atoms with Crippen molar-refractivity contribution in [2.75, 3.05) is 6.54 Å². The lowest BCUT2D eigenvalue weighted by Gasteiger charge is -2.09. The topological polar surface area (TPSA) is 55.1 Å². The summed E-state index contributed by atoms with van der Waals surface area (Å²) in [5, 5.41) is 3.34. The minimum Gasteiger partial charge on any atom is -0.366 e. The Bertz CT molecular complexity index is 361. The first-order valence-corrected chi connectivity index (χ1v) is 6.19. The Labute approximate surface area is 103 Å². The van der Waals surface area contributed by atoms with Crippen LogP contribution in [0.4, 0.5) is 0 Å². The van der Waals surface area contributed by atoms with Gasteiger partial charge in [-0.15, -0.1) is 0 Å². The summed E-state index contributed by atoms with van der Waals surface area (Å²) < 4.78 is 0. The molecule has 0 aliphatic heterocycles. The third kappa shape index (κ3) is 5.00. The molecule has 3 heteroatoms. The molecule has 1 aromatic carbocycles. The van der Waals surface area contributed by atoms with Crippen molar-refractivity contribution in [3.63, 3.8) is 0 Å². The molecule has 94 valence electrons. The number of benzene rings is 1. The number of carbonyl (C=O) groups is 1. The van der Waals surface area contributed by atoms with Crippen LogP contribution in [0.5, 0.6) is 0 Å². The number of hydrogen-bond acceptors (Lipinski definition) is 2. The molecule has 0 spiro atoms. The molecule has 0 saturated carbocycles. The molecular weight excluding hydrogens is 212 g/mol. The standard InChI is InChI=1S/C14H22N2O/c1-11(2)6-5-9-16-10-12-7-3-4-8-13(12)14(15)17/h3-4,7-8,11,16H,5-6,9-10H2,1-2H3,(H2,15,17). The van der Waals surface area contributed by atoms with Crippen molar-refractivity contribution in [1.29, 1.82) is 0 Å². The summed E-state index contributed by atoms with van der Waals surface area (Å²) in [6, 6.07) is 7.48. The van der Waals surface area contributed by atoms with E-state index in [1.54, 1.807) is 6.07 Å². The number of nitrogens with one attached hydrogen (secondary N) is 1. The van der Waals surface area contributed by atoms with Crippen molar-refractivity contribution in [2.24, 2.45) is 11.7 Å². The van der Waals surface area contributed by atoms with Gasteiger partial charge in [-0.1, -0.05) is 32.0 Å². The Balaban J connectivity index is 2.39. The Morgan fingerprint density at radius 3 is 2.71 bits per heavy atom. The van der Waals surface area contributed by atoms with E-state index < -0.39 is 0 Å². The molecule has 0 atom stereocenters. The second kappa shape index (κ2) is 7.07.